The Bertz CT molecular complexity index is 324. The van der Waals surface area contributed by atoms with Gasteiger partial charge in [-0.3, -0.25) is 0 Å². The molecule has 0 radical (unpaired) electrons. The van der Waals surface area contributed by atoms with Crippen molar-refractivity contribution in [1.29, 1.82) is 0 Å². The average Bonchev–Trinajstić information content (AvgIpc) is 2.26. The first-order valence-corrected chi connectivity index (χ1v) is 5.41. The highest BCUT2D eigenvalue weighted by atomic mass is 35.5. The minimum atomic E-state index is 0.112. The standard InChI is InChI=1S/C9H15ClN4O2/c1-3-4-11-8-12-7(10)13-9(14-8)16-6-5-15-2/h3-6H2,1-2H3,(H,11,12,13,14). The number of halogens is 1. The second-order valence-corrected chi connectivity index (χ2v) is 3.32. The number of rotatable bonds is 7. The number of nitrogens with zero attached hydrogens (tertiary/aromatic N) is 3. The van der Waals surface area contributed by atoms with Gasteiger partial charge in [0, 0.05) is 13.7 Å². The lowest BCUT2D eigenvalue weighted by Gasteiger charge is -2.06. The molecule has 1 heterocycles. The smallest absolute Gasteiger partial charge is 0.322 e. The number of methoxy groups -OCH3 is 1. The van der Waals surface area contributed by atoms with Crippen molar-refractivity contribution in [2.45, 2.75) is 13.3 Å². The third-order valence-corrected chi connectivity index (χ3v) is 1.81. The maximum Gasteiger partial charge on any atom is 0.322 e. The van der Waals surface area contributed by atoms with Crippen molar-refractivity contribution in [2.75, 3.05) is 32.2 Å². The Kier molecular flexibility index (Phi) is 5.81. The SMILES string of the molecule is CCCNc1nc(Cl)nc(OCCOC)n1. The largest absolute Gasteiger partial charge is 0.461 e. The molecule has 0 aromatic carbocycles. The molecule has 6 nitrogen and oxygen atoms in total. The van der Waals surface area contributed by atoms with Gasteiger partial charge in [0.15, 0.2) is 0 Å². The molecule has 0 bridgehead atoms. The van der Waals surface area contributed by atoms with Crippen LogP contribution in [0, 0.1) is 0 Å². The zero-order valence-corrected chi connectivity index (χ0v) is 10.1. The average molecular weight is 247 g/mol. The van der Waals surface area contributed by atoms with Gasteiger partial charge in [-0.15, -0.1) is 0 Å². The van der Waals surface area contributed by atoms with E-state index in [9.17, 15) is 0 Å². The summed E-state index contributed by atoms with van der Waals surface area (Å²) >= 11 is 5.73. The summed E-state index contributed by atoms with van der Waals surface area (Å²) < 4.78 is 10.1. The zero-order valence-electron chi connectivity index (χ0n) is 9.36. The van der Waals surface area contributed by atoms with Gasteiger partial charge in [0.1, 0.15) is 6.61 Å². The van der Waals surface area contributed by atoms with Gasteiger partial charge in [0.05, 0.1) is 6.61 Å². The minimum Gasteiger partial charge on any atom is -0.461 e. The Morgan fingerprint density at radius 1 is 1.25 bits per heavy atom. The maximum atomic E-state index is 5.73. The van der Waals surface area contributed by atoms with Crippen LogP contribution >= 0.6 is 11.6 Å². The minimum absolute atomic E-state index is 0.112. The van der Waals surface area contributed by atoms with Crippen molar-refractivity contribution in [3.63, 3.8) is 0 Å². The molecule has 7 heteroatoms. The number of anilines is 1. The van der Waals surface area contributed by atoms with Crippen molar-refractivity contribution in [2.24, 2.45) is 0 Å². The lowest BCUT2D eigenvalue weighted by atomic mass is 10.5. The molecule has 1 aromatic rings. The van der Waals surface area contributed by atoms with Crippen LogP contribution in [0.3, 0.4) is 0 Å². The first kappa shape index (κ1) is 12.9. The molecule has 1 rings (SSSR count). The van der Waals surface area contributed by atoms with Crippen molar-refractivity contribution < 1.29 is 9.47 Å². The van der Waals surface area contributed by atoms with E-state index in [-0.39, 0.29) is 11.3 Å². The number of ether oxygens (including phenoxy) is 2. The van der Waals surface area contributed by atoms with Crippen LogP contribution in [0.5, 0.6) is 6.01 Å². The molecule has 16 heavy (non-hydrogen) atoms. The van der Waals surface area contributed by atoms with Gasteiger partial charge < -0.3 is 14.8 Å². The van der Waals surface area contributed by atoms with Gasteiger partial charge in [0.25, 0.3) is 0 Å². The second kappa shape index (κ2) is 7.19. The zero-order chi connectivity index (χ0) is 11.8. The molecule has 90 valence electrons. The highest BCUT2D eigenvalue weighted by Gasteiger charge is 2.05. The van der Waals surface area contributed by atoms with E-state index < -0.39 is 0 Å². The third kappa shape index (κ3) is 4.59. The predicted molar refractivity (Wildman–Crippen MR) is 61.0 cm³/mol. The van der Waals surface area contributed by atoms with Crippen LogP contribution in [0.2, 0.25) is 5.28 Å². The van der Waals surface area contributed by atoms with Crippen LogP contribution in [0.25, 0.3) is 0 Å². The number of aromatic nitrogens is 3. The van der Waals surface area contributed by atoms with Crippen LogP contribution in [0.1, 0.15) is 13.3 Å². The number of hydrogen-bond donors (Lipinski definition) is 1. The quantitative estimate of drug-likeness (QED) is 0.733. The van der Waals surface area contributed by atoms with Gasteiger partial charge in [-0.05, 0) is 18.0 Å². The van der Waals surface area contributed by atoms with E-state index in [2.05, 4.69) is 20.3 Å². The first-order valence-electron chi connectivity index (χ1n) is 5.03. The van der Waals surface area contributed by atoms with Crippen LogP contribution in [-0.4, -0.2) is 41.8 Å². The summed E-state index contributed by atoms with van der Waals surface area (Å²) in [7, 11) is 1.60. The molecule has 1 aromatic heterocycles. The Labute approximate surface area is 99.4 Å². The second-order valence-electron chi connectivity index (χ2n) is 2.98. The highest BCUT2D eigenvalue weighted by Crippen LogP contribution is 2.11. The van der Waals surface area contributed by atoms with E-state index >= 15 is 0 Å². The maximum absolute atomic E-state index is 5.73. The summed E-state index contributed by atoms with van der Waals surface area (Å²) in [6.07, 6.45) is 0.975. The van der Waals surface area contributed by atoms with Crippen LogP contribution in [-0.2, 0) is 4.74 Å². The predicted octanol–water partition coefficient (Wildman–Crippen LogP) is 1.37. The Balaban J connectivity index is 2.58. The summed E-state index contributed by atoms with van der Waals surface area (Å²) in [5.41, 5.74) is 0. The Morgan fingerprint density at radius 2 is 2.06 bits per heavy atom. The summed E-state index contributed by atoms with van der Waals surface area (Å²) in [4.78, 5) is 11.8. The van der Waals surface area contributed by atoms with Crippen LogP contribution < -0.4 is 10.1 Å². The van der Waals surface area contributed by atoms with Crippen molar-refractivity contribution in [3.05, 3.63) is 5.28 Å². The lowest BCUT2D eigenvalue weighted by molar-refractivity contribution is 0.140. The molecule has 0 saturated carbocycles. The molecule has 0 aliphatic heterocycles. The molecule has 0 atom stereocenters. The Hall–Kier alpha value is -1.14. The molecule has 1 N–H and O–H groups in total. The summed E-state index contributed by atoms with van der Waals surface area (Å²) in [6, 6.07) is 0.204. The topological polar surface area (TPSA) is 69.2 Å². The van der Waals surface area contributed by atoms with Crippen molar-refractivity contribution in [1.82, 2.24) is 15.0 Å². The molecule has 0 amide bonds. The fraction of sp³-hybridized carbons (Fsp3) is 0.667. The molecule has 0 fully saturated rings. The van der Waals surface area contributed by atoms with E-state index in [1.807, 2.05) is 6.92 Å². The molecule has 0 spiro atoms. The molecule has 0 saturated heterocycles. The number of hydrogen-bond acceptors (Lipinski definition) is 6. The van der Waals surface area contributed by atoms with E-state index in [1.165, 1.54) is 0 Å². The number of nitrogens with one attached hydrogen (secondary N) is 1. The third-order valence-electron chi connectivity index (χ3n) is 1.64. The highest BCUT2D eigenvalue weighted by molar-refractivity contribution is 6.28. The van der Waals surface area contributed by atoms with Gasteiger partial charge in [-0.25, -0.2) is 0 Å². The van der Waals surface area contributed by atoms with Crippen LogP contribution in [0.15, 0.2) is 0 Å². The van der Waals surface area contributed by atoms with Gasteiger partial charge in [-0.1, -0.05) is 6.92 Å². The van der Waals surface area contributed by atoms with Crippen molar-refractivity contribution >= 4 is 17.5 Å². The molecule has 0 aliphatic carbocycles. The summed E-state index contributed by atoms with van der Waals surface area (Å²) in [5, 5.41) is 3.12. The van der Waals surface area contributed by atoms with Gasteiger partial charge in [-0.2, -0.15) is 15.0 Å². The van der Waals surface area contributed by atoms with E-state index in [0.717, 1.165) is 13.0 Å². The molecular formula is C9H15ClN4O2. The molecule has 0 unspecified atom stereocenters. The summed E-state index contributed by atoms with van der Waals surface area (Å²) in [6.45, 7) is 3.68. The fourth-order valence-electron chi connectivity index (χ4n) is 0.929. The van der Waals surface area contributed by atoms with Crippen LogP contribution in [0.4, 0.5) is 5.95 Å². The normalized spacial score (nSPS) is 10.2. The van der Waals surface area contributed by atoms with E-state index in [4.69, 9.17) is 21.1 Å². The van der Waals surface area contributed by atoms with Crippen molar-refractivity contribution in [3.8, 4) is 6.01 Å². The Morgan fingerprint density at radius 3 is 2.75 bits per heavy atom. The first-order chi connectivity index (χ1) is 7.76. The monoisotopic (exact) mass is 246 g/mol. The van der Waals surface area contributed by atoms with E-state index in [1.54, 1.807) is 7.11 Å². The van der Waals surface area contributed by atoms with Gasteiger partial charge in [0.2, 0.25) is 11.2 Å². The molecular weight excluding hydrogens is 232 g/mol. The van der Waals surface area contributed by atoms with Gasteiger partial charge >= 0.3 is 6.01 Å². The fourth-order valence-corrected chi connectivity index (χ4v) is 1.08. The van der Waals surface area contributed by atoms with E-state index in [0.29, 0.717) is 19.2 Å². The summed E-state index contributed by atoms with van der Waals surface area (Å²) in [5.74, 6) is 0.425. The lowest BCUT2D eigenvalue weighted by Crippen LogP contribution is -2.10. The molecule has 0 aliphatic rings.